The van der Waals surface area contributed by atoms with Crippen molar-refractivity contribution in [2.24, 2.45) is 0 Å². The van der Waals surface area contributed by atoms with Crippen LogP contribution in [0, 0.1) is 6.23 Å². The summed E-state index contributed by atoms with van der Waals surface area (Å²) in [5.74, 6) is 0. The fourth-order valence-electron chi connectivity index (χ4n) is 0.354. The van der Waals surface area contributed by atoms with Crippen molar-refractivity contribution in [3.63, 3.8) is 0 Å². The summed E-state index contributed by atoms with van der Waals surface area (Å²) in [4.78, 5) is 0. The van der Waals surface area contributed by atoms with E-state index in [0.29, 0.717) is 0 Å². The monoisotopic (exact) mass is 117 g/mol. The van der Waals surface area contributed by atoms with Crippen LogP contribution in [0.2, 0.25) is 19.6 Å². The number of rotatable bonds is 2. The standard InChI is InChI=1S/C5H13OSi/c1-6-5-7(2,3)4/h5H,1-4H3. The summed E-state index contributed by atoms with van der Waals surface area (Å²) in [7, 11) is 0.702. The second kappa shape index (κ2) is 2.48. The van der Waals surface area contributed by atoms with Crippen molar-refractivity contribution in [1.29, 1.82) is 0 Å². The van der Waals surface area contributed by atoms with E-state index < -0.39 is 8.07 Å². The molecular formula is C5H13OSi. The van der Waals surface area contributed by atoms with Gasteiger partial charge in [0.05, 0.1) is 14.3 Å². The topological polar surface area (TPSA) is 9.23 Å². The zero-order valence-electron chi connectivity index (χ0n) is 5.49. The van der Waals surface area contributed by atoms with E-state index in [1.165, 1.54) is 0 Å². The maximum atomic E-state index is 4.84. The molecule has 0 amide bonds. The summed E-state index contributed by atoms with van der Waals surface area (Å²) < 4.78 is 4.84. The average Bonchev–Trinajstić information content (AvgIpc) is 1.30. The molecule has 0 unspecified atom stereocenters. The van der Waals surface area contributed by atoms with Gasteiger partial charge in [0.25, 0.3) is 0 Å². The highest BCUT2D eigenvalue weighted by Gasteiger charge is 2.11. The highest BCUT2D eigenvalue weighted by atomic mass is 28.3. The number of hydrogen-bond acceptors (Lipinski definition) is 1. The molecule has 0 aliphatic heterocycles. The Labute approximate surface area is 46.7 Å². The Morgan fingerprint density at radius 3 is 1.71 bits per heavy atom. The van der Waals surface area contributed by atoms with E-state index in [0.717, 1.165) is 0 Å². The Morgan fingerprint density at radius 2 is 1.71 bits per heavy atom. The first-order valence-electron chi connectivity index (χ1n) is 2.43. The molecule has 0 aromatic carbocycles. The fourth-order valence-corrected chi connectivity index (χ4v) is 1.06. The molecule has 43 valence electrons. The Hall–Kier alpha value is 0.177. The van der Waals surface area contributed by atoms with Crippen LogP contribution in [0.3, 0.4) is 0 Å². The van der Waals surface area contributed by atoms with Gasteiger partial charge in [-0.3, -0.25) is 0 Å². The van der Waals surface area contributed by atoms with Crippen LogP contribution in [-0.2, 0) is 4.74 Å². The molecule has 0 aromatic rings. The van der Waals surface area contributed by atoms with Gasteiger partial charge in [0.2, 0.25) is 0 Å². The predicted molar refractivity (Wildman–Crippen MR) is 34.7 cm³/mol. The summed E-state index contributed by atoms with van der Waals surface area (Å²) in [6.45, 7) is 6.70. The van der Waals surface area contributed by atoms with Crippen LogP contribution in [0.25, 0.3) is 0 Å². The number of methoxy groups -OCH3 is 1. The normalized spacial score (nSPS) is 12.0. The van der Waals surface area contributed by atoms with Crippen LogP contribution < -0.4 is 0 Å². The van der Waals surface area contributed by atoms with Crippen LogP contribution in [0.5, 0.6) is 0 Å². The smallest absolute Gasteiger partial charge is 0.0814 e. The summed E-state index contributed by atoms with van der Waals surface area (Å²) in [5, 5.41) is 0. The molecule has 0 spiro atoms. The molecule has 0 aromatic heterocycles. The zero-order valence-corrected chi connectivity index (χ0v) is 6.49. The molecule has 0 aliphatic rings. The minimum absolute atomic E-state index is 1.00. The molecule has 0 atom stereocenters. The lowest BCUT2D eigenvalue weighted by Gasteiger charge is -2.11. The summed E-state index contributed by atoms with van der Waals surface area (Å²) in [6, 6.07) is 0. The molecule has 0 saturated carbocycles. The fraction of sp³-hybridized carbons (Fsp3) is 0.800. The third-order valence-corrected chi connectivity index (χ3v) is 1.41. The molecule has 0 N–H and O–H groups in total. The van der Waals surface area contributed by atoms with E-state index in [4.69, 9.17) is 4.74 Å². The first-order chi connectivity index (χ1) is 3.06. The first-order valence-corrected chi connectivity index (χ1v) is 6.01. The summed E-state index contributed by atoms with van der Waals surface area (Å²) in [6.07, 6.45) is 1.95. The van der Waals surface area contributed by atoms with Gasteiger partial charge in [0.1, 0.15) is 0 Å². The van der Waals surface area contributed by atoms with Crippen molar-refractivity contribution < 1.29 is 4.74 Å². The van der Waals surface area contributed by atoms with Gasteiger partial charge in [-0.05, 0) is 0 Å². The molecule has 1 nitrogen and oxygen atoms in total. The van der Waals surface area contributed by atoms with Gasteiger partial charge in [0, 0.05) is 7.11 Å². The van der Waals surface area contributed by atoms with Crippen molar-refractivity contribution in [3.05, 3.63) is 6.23 Å². The lowest BCUT2D eigenvalue weighted by molar-refractivity contribution is 0.306. The maximum Gasteiger partial charge on any atom is 0.0814 e. The van der Waals surface area contributed by atoms with E-state index in [1.807, 2.05) is 6.23 Å². The van der Waals surface area contributed by atoms with Crippen LogP contribution in [0.1, 0.15) is 0 Å². The Kier molecular flexibility index (Phi) is 2.54. The van der Waals surface area contributed by atoms with E-state index >= 15 is 0 Å². The van der Waals surface area contributed by atoms with Crippen LogP contribution in [0.4, 0.5) is 0 Å². The van der Waals surface area contributed by atoms with Crippen LogP contribution in [-0.4, -0.2) is 15.2 Å². The summed E-state index contributed by atoms with van der Waals surface area (Å²) >= 11 is 0. The predicted octanol–water partition coefficient (Wildman–Crippen LogP) is 1.67. The molecular weight excluding hydrogens is 104 g/mol. The second-order valence-corrected chi connectivity index (χ2v) is 7.69. The third-order valence-electron chi connectivity index (χ3n) is 0.471. The first kappa shape index (κ1) is 7.18. The van der Waals surface area contributed by atoms with E-state index in [2.05, 4.69) is 19.6 Å². The highest BCUT2D eigenvalue weighted by molar-refractivity contribution is 6.79. The van der Waals surface area contributed by atoms with Gasteiger partial charge in [0.15, 0.2) is 0 Å². The molecule has 0 fully saturated rings. The summed E-state index contributed by atoms with van der Waals surface area (Å²) in [5.41, 5.74) is 0. The molecule has 7 heavy (non-hydrogen) atoms. The molecule has 2 heteroatoms. The van der Waals surface area contributed by atoms with Gasteiger partial charge in [-0.25, -0.2) is 0 Å². The van der Waals surface area contributed by atoms with Gasteiger partial charge in [-0.15, -0.1) is 0 Å². The van der Waals surface area contributed by atoms with Crippen LogP contribution in [0.15, 0.2) is 0 Å². The Balaban J connectivity index is 3.15. The molecule has 0 bridgehead atoms. The van der Waals surface area contributed by atoms with Crippen molar-refractivity contribution in [1.82, 2.24) is 0 Å². The van der Waals surface area contributed by atoms with Crippen LogP contribution >= 0.6 is 0 Å². The zero-order chi connectivity index (χ0) is 5.91. The minimum Gasteiger partial charge on any atom is -0.383 e. The van der Waals surface area contributed by atoms with Crippen molar-refractivity contribution in [3.8, 4) is 0 Å². The Bertz CT molecular complexity index is 46.5. The second-order valence-electron chi connectivity index (χ2n) is 2.72. The number of hydrogen-bond donors (Lipinski definition) is 0. The lowest BCUT2D eigenvalue weighted by atomic mass is 11.5. The molecule has 0 saturated heterocycles. The van der Waals surface area contributed by atoms with Crippen molar-refractivity contribution in [2.75, 3.05) is 7.11 Å². The Morgan fingerprint density at radius 1 is 1.29 bits per heavy atom. The van der Waals surface area contributed by atoms with Gasteiger partial charge in [-0.1, -0.05) is 19.6 Å². The van der Waals surface area contributed by atoms with E-state index in [-0.39, 0.29) is 0 Å². The molecule has 0 aliphatic carbocycles. The SMILES string of the molecule is CO[CH][Si](C)(C)C. The number of ether oxygens (including phenoxy) is 1. The maximum absolute atomic E-state index is 4.84. The van der Waals surface area contributed by atoms with E-state index in [1.54, 1.807) is 7.11 Å². The lowest BCUT2D eigenvalue weighted by Crippen LogP contribution is -2.21. The van der Waals surface area contributed by atoms with Gasteiger partial charge in [-0.2, -0.15) is 0 Å². The van der Waals surface area contributed by atoms with E-state index in [9.17, 15) is 0 Å². The third kappa shape index (κ3) is 6.18. The molecule has 0 rings (SSSR count). The average molecular weight is 117 g/mol. The molecule has 1 radical (unpaired) electrons. The minimum atomic E-state index is -1.00. The van der Waals surface area contributed by atoms with Gasteiger partial charge < -0.3 is 4.74 Å². The largest absolute Gasteiger partial charge is 0.383 e. The van der Waals surface area contributed by atoms with Gasteiger partial charge >= 0.3 is 0 Å². The highest BCUT2D eigenvalue weighted by Crippen LogP contribution is 2.03. The molecule has 0 heterocycles. The quantitative estimate of drug-likeness (QED) is 0.500. The van der Waals surface area contributed by atoms with Crippen molar-refractivity contribution in [2.45, 2.75) is 19.6 Å². The van der Waals surface area contributed by atoms with Crippen molar-refractivity contribution >= 4 is 8.07 Å².